The molecule has 4 heterocycles. The van der Waals surface area contributed by atoms with Gasteiger partial charge in [-0.3, -0.25) is 38.4 Å². The molecule has 504 valence electrons. The topological polar surface area (TPSA) is 274 Å². The number of benzene rings is 5. The summed E-state index contributed by atoms with van der Waals surface area (Å²) in [5, 5.41) is 17.5. The zero-order valence-corrected chi connectivity index (χ0v) is 56.7. The Hall–Kier alpha value is -9.37. The van der Waals surface area contributed by atoms with Gasteiger partial charge in [0.1, 0.15) is 13.2 Å². The van der Waals surface area contributed by atoms with Gasteiger partial charge < -0.3 is 71.7 Å². The largest absolute Gasteiger partial charge is 0.503 e. The van der Waals surface area contributed by atoms with E-state index in [9.17, 15) is 43.5 Å². The predicted molar refractivity (Wildman–Crippen MR) is 363 cm³/mol. The smallest absolute Gasteiger partial charge is 0.310 e. The Bertz CT molecular complexity index is 4430. The van der Waals surface area contributed by atoms with Crippen LogP contribution in [-0.2, 0) is 96.8 Å². The fourth-order valence-corrected chi connectivity index (χ4v) is 10.5. The van der Waals surface area contributed by atoms with Crippen molar-refractivity contribution in [3.05, 3.63) is 275 Å². The first-order valence-corrected chi connectivity index (χ1v) is 31.2. The quantitative estimate of drug-likeness (QED) is 0.0336. The molecule has 0 saturated carbocycles. The Balaban J connectivity index is 0.000000206. The van der Waals surface area contributed by atoms with Crippen molar-refractivity contribution >= 4 is 80.0 Å². The van der Waals surface area contributed by atoms with Gasteiger partial charge in [0, 0.05) is 98.7 Å². The van der Waals surface area contributed by atoms with E-state index in [2.05, 4.69) is 31.3 Å². The Morgan fingerprint density at radius 3 is 1.36 bits per heavy atom. The SMILES string of the molecule is COC(=O)Cc1cn(CC(OC)OC)c(C(=O)NCc2cccc(Cl)c2)c(OCc2ccccc2)c1=O.COC(=O)Cc1cn2ccn(Cc3cccc(Cl)c3)c(=O)c2c(O)c1=O.COC(Cn1cc(Br)c(=O)c(OCc2ccccc2)c1C(=O)NCc1cccc(Cl)c1)OC. The maximum absolute atomic E-state index is 13.5. The number of rotatable bonds is 26. The molecule has 96 heavy (non-hydrogen) atoms. The number of carbonyl (C=O) groups is 4. The molecule has 9 aromatic rings. The summed E-state index contributed by atoms with van der Waals surface area (Å²) in [4.78, 5) is 102. The van der Waals surface area contributed by atoms with Crippen LogP contribution in [0.5, 0.6) is 17.2 Å². The van der Waals surface area contributed by atoms with Gasteiger partial charge in [0.25, 0.3) is 17.4 Å². The lowest BCUT2D eigenvalue weighted by molar-refractivity contribution is -0.140. The second kappa shape index (κ2) is 36.5. The molecular formula is C69H68BrCl3N6O17. The van der Waals surface area contributed by atoms with Gasteiger partial charge in [-0.1, -0.05) is 132 Å². The maximum Gasteiger partial charge on any atom is 0.310 e. The Labute approximate surface area is 574 Å². The number of fused-ring (bicyclic) bond motifs is 1. The highest BCUT2D eigenvalue weighted by atomic mass is 79.9. The van der Waals surface area contributed by atoms with E-state index in [0.717, 1.165) is 27.8 Å². The summed E-state index contributed by atoms with van der Waals surface area (Å²) in [5.74, 6) is -3.22. The second-order valence-electron chi connectivity index (χ2n) is 20.9. The summed E-state index contributed by atoms with van der Waals surface area (Å²) in [7, 11) is 8.34. The first-order chi connectivity index (χ1) is 46.2. The maximum atomic E-state index is 13.5. The molecule has 0 saturated heterocycles. The van der Waals surface area contributed by atoms with Crippen molar-refractivity contribution in [1.29, 1.82) is 0 Å². The van der Waals surface area contributed by atoms with Crippen molar-refractivity contribution in [3.8, 4) is 17.2 Å². The number of aromatic nitrogens is 4. The van der Waals surface area contributed by atoms with E-state index in [4.69, 9.17) is 68.0 Å². The Morgan fingerprint density at radius 2 is 0.917 bits per heavy atom. The highest BCUT2D eigenvalue weighted by molar-refractivity contribution is 9.10. The minimum atomic E-state index is -0.770. The van der Waals surface area contributed by atoms with Crippen molar-refractivity contribution in [3.63, 3.8) is 0 Å². The summed E-state index contributed by atoms with van der Waals surface area (Å²) < 4.78 is 48.4. The fraction of sp³-hybridized carbons (Fsp3) is 0.246. The molecule has 4 aromatic heterocycles. The number of nitrogens with one attached hydrogen (secondary N) is 2. The van der Waals surface area contributed by atoms with E-state index in [0.29, 0.717) is 15.1 Å². The number of amides is 2. The van der Waals surface area contributed by atoms with Crippen LogP contribution in [0.2, 0.25) is 15.1 Å². The molecule has 0 unspecified atom stereocenters. The zero-order chi connectivity index (χ0) is 69.4. The minimum absolute atomic E-state index is 0.0318. The lowest BCUT2D eigenvalue weighted by Crippen LogP contribution is -2.34. The van der Waals surface area contributed by atoms with E-state index in [1.807, 2.05) is 78.9 Å². The van der Waals surface area contributed by atoms with E-state index in [1.165, 1.54) is 87.2 Å². The van der Waals surface area contributed by atoms with Crippen molar-refractivity contribution < 1.29 is 62.2 Å². The molecule has 0 radical (unpaired) electrons. The average molecular weight is 1440 g/mol. The molecule has 23 nitrogen and oxygen atoms in total. The Kier molecular flexibility index (Phi) is 28.1. The molecular weight excluding hydrogens is 1370 g/mol. The average Bonchev–Trinajstić information content (AvgIpc) is 0.793. The molecule has 0 fully saturated rings. The van der Waals surface area contributed by atoms with Crippen LogP contribution in [0.3, 0.4) is 0 Å². The van der Waals surface area contributed by atoms with Crippen LogP contribution in [0.25, 0.3) is 5.52 Å². The zero-order valence-electron chi connectivity index (χ0n) is 52.9. The summed E-state index contributed by atoms with van der Waals surface area (Å²) in [6.45, 7) is 0.973. The third-order valence-electron chi connectivity index (χ3n) is 14.3. The number of halogens is 4. The summed E-state index contributed by atoms with van der Waals surface area (Å²) in [5.41, 5.74) is 1.75. The number of hydrogen-bond donors (Lipinski definition) is 3. The van der Waals surface area contributed by atoms with Gasteiger partial charge in [-0.2, -0.15) is 0 Å². The van der Waals surface area contributed by atoms with Crippen LogP contribution in [0.1, 0.15) is 59.9 Å². The molecule has 0 aliphatic heterocycles. The second-order valence-corrected chi connectivity index (χ2v) is 23.0. The van der Waals surface area contributed by atoms with Crippen molar-refractivity contribution in [2.24, 2.45) is 0 Å². The molecule has 0 aliphatic rings. The van der Waals surface area contributed by atoms with Crippen molar-refractivity contribution in [1.82, 2.24) is 28.7 Å². The van der Waals surface area contributed by atoms with Crippen LogP contribution in [0.4, 0.5) is 0 Å². The molecule has 2 amide bonds. The van der Waals surface area contributed by atoms with E-state index >= 15 is 0 Å². The van der Waals surface area contributed by atoms with Gasteiger partial charge in [0.15, 0.2) is 46.7 Å². The summed E-state index contributed by atoms with van der Waals surface area (Å²) in [6, 6.07) is 39.8. The van der Waals surface area contributed by atoms with Crippen LogP contribution in [0, 0.1) is 0 Å². The molecule has 5 aromatic carbocycles. The van der Waals surface area contributed by atoms with Crippen LogP contribution in [-0.4, -0.2) is 102 Å². The number of ether oxygens (including phenoxy) is 8. The molecule has 0 bridgehead atoms. The number of hydrogen-bond acceptors (Lipinski definition) is 17. The van der Waals surface area contributed by atoms with E-state index < -0.39 is 63.9 Å². The lowest BCUT2D eigenvalue weighted by atomic mass is 10.1. The molecule has 0 spiro atoms. The number of carbonyl (C=O) groups excluding carboxylic acids is 4. The van der Waals surface area contributed by atoms with Crippen molar-refractivity contribution in [2.45, 2.75) is 71.4 Å². The highest BCUT2D eigenvalue weighted by Gasteiger charge is 2.28. The number of pyridine rings is 3. The first-order valence-electron chi connectivity index (χ1n) is 29.2. The van der Waals surface area contributed by atoms with E-state index in [1.54, 1.807) is 59.2 Å². The summed E-state index contributed by atoms with van der Waals surface area (Å²) in [6.07, 6.45) is 5.38. The molecule has 3 N–H and O–H groups in total. The highest BCUT2D eigenvalue weighted by Crippen LogP contribution is 2.24. The number of methoxy groups -OCH3 is 6. The number of esters is 2. The predicted octanol–water partition coefficient (Wildman–Crippen LogP) is 9.32. The van der Waals surface area contributed by atoms with Gasteiger partial charge in [0.2, 0.25) is 16.3 Å². The van der Waals surface area contributed by atoms with Gasteiger partial charge in [-0.25, -0.2) is 0 Å². The third-order valence-corrected chi connectivity index (χ3v) is 15.6. The standard InChI is InChI=1S/C27H29ClN2O7.C24H24BrClN2O5.C18H15ClN2O5/c1-34-22(31)13-20-15-30(16-23(35-2)36-3)24(27(33)29-14-19-10-7-11-21(28)12-19)26(25(20)32)37-17-18-8-5-4-6-9-18;1-31-20(32-2)14-28-13-19(25)22(29)23(33-15-16-7-4-3-5-8-16)21(28)24(30)27-12-17-9-6-10-18(26)11-17;1-26-14(22)8-12-10-20-5-6-21(9-11-3-2-4-13(19)7-11)18(25)15(20)17(24)16(12)23/h4-12,15,23H,13-14,16-17H2,1-3H3,(H,29,33);3-11,13,20H,12,14-15H2,1-2H3,(H,27,30);2-7,10,24H,8-9H2,1H3. The van der Waals surface area contributed by atoms with Crippen molar-refractivity contribution in [2.75, 3.05) is 42.7 Å². The molecule has 27 heteroatoms. The van der Waals surface area contributed by atoms with Crippen LogP contribution >= 0.6 is 50.7 Å². The first kappa shape index (κ1) is 74.0. The molecule has 0 aliphatic carbocycles. The van der Waals surface area contributed by atoms with Gasteiger partial charge in [-0.15, -0.1) is 0 Å². The van der Waals surface area contributed by atoms with Gasteiger partial charge in [-0.05, 0) is 80.1 Å². The number of aromatic hydroxyl groups is 1. The normalized spacial score (nSPS) is 10.9. The monoisotopic (exact) mass is 1440 g/mol. The van der Waals surface area contributed by atoms with E-state index in [-0.39, 0.29) is 103 Å². The van der Waals surface area contributed by atoms with Gasteiger partial charge in [0.05, 0.1) is 51.2 Å². The number of nitrogens with zero attached hydrogens (tertiary/aromatic N) is 4. The third kappa shape index (κ3) is 20.6. The lowest BCUT2D eigenvalue weighted by Gasteiger charge is -2.22. The van der Waals surface area contributed by atoms with Gasteiger partial charge >= 0.3 is 11.9 Å². The van der Waals surface area contributed by atoms with Crippen LogP contribution < -0.4 is 42.0 Å². The fourth-order valence-electron chi connectivity index (χ4n) is 9.44. The Morgan fingerprint density at radius 1 is 0.500 bits per heavy atom. The molecule has 9 rings (SSSR count). The summed E-state index contributed by atoms with van der Waals surface area (Å²) >= 11 is 21.3. The minimum Gasteiger partial charge on any atom is -0.503 e. The molecule has 0 atom stereocenters. The van der Waals surface area contributed by atoms with Crippen LogP contribution in [0.15, 0.2) is 188 Å².